The highest BCUT2D eigenvalue weighted by Gasteiger charge is 2.09. The molecule has 0 aromatic heterocycles. The minimum absolute atomic E-state index is 0.246. The van der Waals surface area contributed by atoms with Gasteiger partial charge in [0.05, 0.1) is 12.5 Å². The zero-order chi connectivity index (χ0) is 12.5. The van der Waals surface area contributed by atoms with Crippen molar-refractivity contribution in [1.29, 1.82) is 0 Å². The SMILES string of the molecule is CC(CCCCOCc1ccccc1)C(=O)O. The Morgan fingerprint density at radius 3 is 2.65 bits per heavy atom. The van der Waals surface area contributed by atoms with E-state index in [1.54, 1.807) is 6.92 Å². The van der Waals surface area contributed by atoms with Crippen molar-refractivity contribution < 1.29 is 14.6 Å². The maximum absolute atomic E-state index is 10.6. The Kier molecular flexibility index (Phi) is 6.33. The highest BCUT2D eigenvalue weighted by atomic mass is 16.5. The summed E-state index contributed by atoms with van der Waals surface area (Å²) in [6.07, 6.45) is 2.55. The Labute approximate surface area is 102 Å². The van der Waals surface area contributed by atoms with Crippen LogP contribution in [0, 0.1) is 5.92 Å². The number of unbranched alkanes of at least 4 members (excludes halogenated alkanes) is 1. The van der Waals surface area contributed by atoms with Crippen LogP contribution in [0.25, 0.3) is 0 Å². The molecule has 0 aliphatic rings. The summed E-state index contributed by atoms with van der Waals surface area (Å²) in [7, 11) is 0. The molecule has 0 saturated heterocycles. The van der Waals surface area contributed by atoms with E-state index in [4.69, 9.17) is 9.84 Å². The summed E-state index contributed by atoms with van der Waals surface area (Å²) in [6, 6.07) is 10.0. The van der Waals surface area contributed by atoms with Crippen LogP contribution in [0.2, 0.25) is 0 Å². The number of carbonyl (C=O) groups is 1. The average Bonchev–Trinajstić information content (AvgIpc) is 2.34. The molecule has 0 aliphatic heterocycles. The maximum Gasteiger partial charge on any atom is 0.306 e. The van der Waals surface area contributed by atoms with Gasteiger partial charge in [0.1, 0.15) is 0 Å². The van der Waals surface area contributed by atoms with E-state index >= 15 is 0 Å². The van der Waals surface area contributed by atoms with Crippen LogP contribution in [0.1, 0.15) is 31.7 Å². The van der Waals surface area contributed by atoms with Gasteiger partial charge in [-0.2, -0.15) is 0 Å². The standard InChI is InChI=1S/C14H20O3/c1-12(14(15)16)7-5-6-10-17-11-13-8-3-2-4-9-13/h2-4,8-9,12H,5-7,10-11H2,1H3,(H,15,16). The summed E-state index contributed by atoms with van der Waals surface area (Å²) < 4.78 is 5.51. The molecule has 0 spiro atoms. The van der Waals surface area contributed by atoms with Gasteiger partial charge in [0, 0.05) is 6.61 Å². The molecule has 0 bridgehead atoms. The molecule has 3 heteroatoms. The topological polar surface area (TPSA) is 46.5 Å². The number of benzene rings is 1. The third-order valence-electron chi connectivity index (χ3n) is 2.71. The molecule has 1 aromatic rings. The fraction of sp³-hybridized carbons (Fsp3) is 0.500. The average molecular weight is 236 g/mol. The largest absolute Gasteiger partial charge is 0.481 e. The molecule has 3 nitrogen and oxygen atoms in total. The van der Waals surface area contributed by atoms with E-state index in [1.807, 2.05) is 30.3 Å². The predicted molar refractivity (Wildman–Crippen MR) is 66.7 cm³/mol. The lowest BCUT2D eigenvalue weighted by Crippen LogP contribution is -2.09. The molecule has 1 unspecified atom stereocenters. The smallest absolute Gasteiger partial charge is 0.306 e. The molecular formula is C14H20O3. The first kappa shape index (κ1) is 13.7. The Balaban J connectivity index is 2.00. The summed E-state index contributed by atoms with van der Waals surface area (Å²) in [6.45, 7) is 3.07. The summed E-state index contributed by atoms with van der Waals surface area (Å²) in [4.78, 5) is 10.6. The summed E-state index contributed by atoms with van der Waals surface area (Å²) >= 11 is 0. The van der Waals surface area contributed by atoms with Crippen molar-refractivity contribution in [2.45, 2.75) is 32.8 Å². The fourth-order valence-electron chi connectivity index (χ4n) is 1.54. The quantitative estimate of drug-likeness (QED) is 0.705. The fourth-order valence-corrected chi connectivity index (χ4v) is 1.54. The van der Waals surface area contributed by atoms with Crippen LogP contribution in [0.5, 0.6) is 0 Å². The predicted octanol–water partition coefficient (Wildman–Crippen LogP) is 3.09. The molecule has 1 rings (SSSR count). The molecule has 0 radical (unpaired) electrons. The van der Waals surface area contributed by atoms with Gasteiger partial charge in [0.15, 0.2) is 0 Å². The van der Waals surface area contributed by atoms with E-state index in [9.17, 15) is 4.79 Å². The van der Waals surface area contributed by atoms with Gasteiger partial charge < -0.3 is 9.84 Å². The number of hydrogen-bond donors (Lipinski definition) is 1. The lowest BCUT2D eigenvalue weighted by molar-refractivity contribution is -0.141. The molecular weight excluding hydrogens is 216 g/mol. The van der Waals surface area contributed by atoms with Crippen molar-refractivity contribution in [1.82, 2.24) is 0 Å². The number of ether oxygens (including phenoxy) is 1. The van der Waals surface area contributed by atoms with Gasteiger partial charge in [-0.3, -0.25) is 4.79 Å². The van der Waals surface area contributed by atoms with Crippen LogP contribution in [0.15, 0.2) is 30.3 Å². The van der Waals surface area contributed by atoms with E-state index in [1.165, 1.54) is 5.56 Å². The summed E-state index contributed by atoms with van der Waals surface area (Å²) in [5, 5.41) is 8.70. The Morgan fingerprint density at radius 1 is 1.29 bits per heavy atom. The van der Waals surface area contributed by atoms with Crippen LogP contribution >= 0.6 is 0 Å². The number of hydrogen-bond acceptors (Lipinski definition) is 2. The summed E-state index contributed by atoms with van der Waals surface area (Å²) in [5.41, 5.74) is 1.17. The van der Waals surface area contributed by atoms with Crippen molar-refractivity contribution in [2.24, 2.45) is 5.92 Å². The van der Waals surface area contributed by atoms with E-state index in [-0.39, 0.29) is 5.92 Å². The van der Waals surface area contributed by atoms with Crippen molar-refractivity contribution in [3.8, 4) is 0 Å². The second kappa shape index (κ2) is 7.85. The molecule has 0 fully saturated rings. The first-order valence-corrected chi connectivity index (χ1v) is 6.04. The van der Waals surface area contributed by atoms with E-state index < -0.39 is 5.97 Å². The molecule has 1 aromatic carbocycles. The van der Waals surface area contributed by atoms with Crippen molar-refractivity contribution in [2.75, 3.05) is 6.61 Å². The Hall–Kier alpha value is -1.35. The first-order chi connectivity index (χ1) is 8.20. The minimum Gasteiger partial charge on any atom is -0.481 e. The van der Waals surface area contributed by atoms with Gasteiger partial charge in [-0.05, 0) is 18.4 Å². The molecule has 0 heterocycles. The molecule has 1 atom stereocenters. The number of carboxylic acids is 1. The maximum atomic E-state index is 10.6. The number of aliphatic carboxylic acids is 1. The van der Waals surface area contributed by atoms with E-state index in [2.05, 4.69) is 0 Å². The molecule has 94 valence electrons. The van der Waals surface area contributed by atoms with Crippen molar-refractivity contribution >= 4 is 5.97 Å². The molecule has 0 aliphatic carbocycles. The number of rotatable bonds is 8. The van der Waals surface area contributed by atoms with Gasteiger partial charge in [-0.25, -0.2) is 0 Å². The zero-order valence-corrected chi connectivity index (χ0v) is 10.3. The third-order valence-corrected chi connectivity index (χ3v) is 2.71. The highest BCUT2D eigenvalue weighted by Crippen LogP contribution is 2.08. The van der Waals surface area contributed by atoms with Gasteiger partial charge in [-0.15, -0.1) is 0 Å². The molecule has 0 amide bonds. The Morgan fingerprint density at radius 2 is 2.00 bits per heavy atom. The normalized spacial score (nSPS) is 12.3. The lowest BCUT2D eigenvalue weighted by Gasteiger charge is -2.06. The Bertz CT molecular complexity index is 321. The monoisotopic (exact) mass is 236 g/mol. The van der Waals surface area contributed by atoms with Crippen molar-refractivity contribution in [3.05, 3.63) is 35.9 Å². The van der Waals surface area contributed by atoms with Crippen LogP contribution in [-0.2, 0) is 16.1 Å². The number of carboxylic acid groups (broad SMARTS) is 1. The first-order valence-electron chi connectivity index (χ1n) is 6.04. The van der Waals surface area contributed by atoms with Crippen LogP contribution < -0.4 is 0 Å². The lowest BCUT2D eigenvalue weighted by atomic mass is 10.1. The van der Waals surface area contributed by atoms with E-state index in [0.717, 1.165) is 19.3 Å². The second-order valence-electron chi connectivity index (χ2n) is 4.27. The van der Waals surface area contributed by atoms with Gasteiger partial charge in [0.2, 0.25) is 0 Å². The van der Waals surface area contributed by atoms with Gasteiger partial charge in [-0.1, -0.05) is 43.7 Å². The summed E-state index contributed by atoms with van der Waals surface area (Å²) in [5.74, 6) is -0.959. The zero-order valence-electron chi connectivity index (χ0n) is 10.3. The third kappa shape index (κ3) is 6.07. The highest BCUT2D eigenvalue weighted by molar-refractivity contribution is 5.69. The second-order valence-corrected chi connectivity index (χ2v) is 4.27. The van der Waals surface area contributed by atoms with Gasteiger partial charge >= 0.3 is 5.97 Å². The van der Waals surface area contributed by atoms with Crippen LogP contribution in [0.4, 0.5) is 0 Å². The van der Waals surface area contributed by atoms with E-state index in [0.29, 0.717) is 13.2 Å². The van der Waals surface area contributed by atoms with Crippen LogP contribution in [0.3, 0.4) is 0 Å². The molecule has 1 N–H and O–H groups in total. The van der Waals surface area contributed by atoms with Crippen LogP contribution in [-0.4, -0.2) is 17.7 Å². The minimum atomic E-state index is -0.713. The van der Waals surface area contributed by atoms with Gasteiger partial charge in [0.25, 0.3) is 0 Å². The molecule has 0 saturated carbocycles. The van der Waals surface area contributed by atoms with Crippen molar-refractivity contribution in [3.63, 3.8) is 0 Å². The molecule has 17 heavy (non-hydrogen) atoms.